The number of amides is 1. The van der Waals surface area contributed by atoms with Crippen molar-refractivity contribution in [2.45, 2.75) is 13.3 Å². The summed E-state index contributed by atoms with van der Waals surface area (Å²) in [5, 5.41) is 0. The van der Waals surface area contributed by atoms with E-state index in [1.807, 2.05) is 13.0 Å². The van der Waals surface area contributed by atoms with Crippen molar-refractivity contribution in [2.24, 2.45) is 0 Å². The second-order valence-corrected chi connectivity index (χ2v) is 6.61. The van der Waals surface area contributed by atoms with Crippen LogP contribution in [0.15, 0.2) is 18.3 Å². The van der Waals surface area contributed by atoms with Gasteiger partial charge < -0.3 is 4.90 Å². The van der Waals surface area contributed by atoms with Crippen LogP contribution < -0.4 is 0 Å². The maximum Gasteiger partial charge on any atom is 0.272 e. The largest absolute Gasteiger partial charge is 0.335 e. The lowest BCUT2D eigenvalue weighted by atomic mass is 10.1. The van der Waals surface area contributed by atoms with Gasteiger partial charge in [-0.2, -0.15) is 0 Å². The number of aryl methyl sites for hydroxylation is 1. The van der Waals surface area contributed by atoms with Crippen LogP contribution in [0.2, 0.25) is 0 Å². The fourth-order valence-corrected chi connectivity index (χ4v) is 3.18. The predicted octanol–water partition coefficient (Wildman–Crippen LogP) is 0.515. The Labute approximate surface area is 107 Å². The van der Waals surface area contributed by atoms with Crippen LogP contribution in [-0.4, -0.2) is 48.8 Å². The van der Waals surface area contributed by atoms with E-state index in [0.29, 0.717) is 5.69 Å². The molecule has 1 saturated heterocycles. The summed E-state index contributed by atoms with van der Waals surface area (Å²) in [6.45, 7) is 2.50. The van der Waals surface area contributed by atoms with Gasteiger partial charge in [0.05, 0.1) is 11.5 Å². The molecule has 1 amide bonds. The van der Waals surface area contributed by atoms with Gasteiger partial charge in [-0.3, -0.25) is 9.78 Å². The molecule has 6 heteroatoms. The van der Waals surface area contributed by atoms with Gasteiger partial charge in [-0.1, -0.05) is 13.0 Å². The molecule has 18 heavy (non-hydrogen) atoms. The number of rotatable bonds is 2. The number of carbonyl (C=O) groups excluding carboxylic acids is 1. The summed E-state index contributed by atoms with van der Waals surface area (Å²) in [5.74, 6) is -0.0672. The van der Waals surface area contributed by atoms with Gasteiger partial charge in [0.25, 0.3) is 5.91 Å². The molecule has 0 N–H and O–H groups in total. The summed E-state index contributed by atoms with van der Waals surface area (Å²) in [6.07, 6.45) is 2.33. The van der Waals surface area contributed by atoms with E-state index in [2.05, 4.69) is 4.98 Å². The first-order chi connectivity index (χ1) is 8.53. The minimum atomic E-state index is -2.96. The molecule has 1 aliphatic heterocycles. The third kappa shape index (κ3) is 2.69. The van der Waals surface area contributed by atoms with E-state index in [9.17, 15) is 13.2 Å². The molecule has 0 aromatic carbocycles. The van der Waals surface area contributed by atoms with Crippen molar-refractivity contribution in [3.8, 4) is 0 Å². The minimum Gasteiger partial charge on any atom is -0.335 e. The standard InChI is InChI=1S/C12H16N2O3S/c1-2-10-4-3-5-13-11(10)12(15)14-6-8-18(16,17)9-7-14/h3-5H,2,6-9H2,1H3. The molecule has 0 saturated carbocycles. The summed E-state index contributed by atoms with van der Waals surface area (Å²) < 4.78 is 22.6. The van der Waals surface area contributed by atoms with Crippen LogP contribution in [0, 0.1) is 0 Å². The third-order valence-corrected chi connectivity index (χ3v) is 4.72. The lowest BCUT2D eigenvalue weighted by Gasteiger charge is -2.26. The summed E-state index contributed by atoms with van der Waals surface area (Å²) in [6, 6.07) is 3.68. The minimum absolute atomic E-state index is 0.0486. The quantitative estimate of drug-likeness (QED) is 0.784. The zero-order valence-electron chi connectivity index (χ0n) is 10.3. The van der Waals surface area contributed by atoms with Crippen LogP contribution in [0.1, 0.15) is 23.0 Å². The molecular formula is C12H16N2O3S. The Morgan fingerprint density at radius 3 is 2.67 bits per heavy atom. The first-order valence-electron chi connectivity index (χ1n) is 5.97. The maximum absolute atomic E-state index is 12.3. The molecule has 0 atom stereocenters. The molecule has 5 nitrogen and oxygen atoms in total. The Balaban J connectivity index is 2.17. The van der Waals surface area contributed by atoms with Crippen molar-refractivity contribution in [3.63, 3.8) is 0 Å². The van der Waals surface area contributed by atoms with E-state index in [-0.39, 0.29) is 30.5 Å². The number of hydrogen-bond acceptors (Lipinski definition) is 4. The molecule has 0 bridgehead atoms. The molecule has 1 aromatic heterocycles. The topological polar surface area (TPSA) is 67.3 Å². The monoisotopic (exact) mass is 268 g/mol. The van der Waals surface area contributed by atoms with Gasteiger partial charge in [0, 0.05) is 19.3 Å². The molecule has 2 rings (SSSR count). The Kier molecular flexibility index (Phi) is 3.65. The van der Waals surface area contributed by atoms with Crippen LogP contribution in [0.4, 0.5) is 0 Å². The van der Waals surface area contributed by atoms with Crippen molar-refractivity contribution in [2.75, 3.05) is 24.6 Å². The smallest absolute Gasteiger partial charge is 0.272 e. The van der Waals surface area contributed by atoms with Crippen molar-refractivity contribution in [3.05, 3.63) is 29.6 Å². The van der Waals surface area contributed by atoms with Gasteiger partial charge in [0.1, 0.15) is 5.69 Å². The summed E-state index contributed by atoms with van der Waals surface area (Å²) in [5.41, 5.74) is 1.34. The average Bonchev–Trinajstić information content (AvgIpc) is 2.38. The first-order valence-corrected chi connectivity index (χ1v) is 7.79. The number of pyridine rings is 1. The predicted molar refractivity (Wildman–Crippen MR) is 68.2 cm³/mol. The Morgan fingerprint density at radius 1 is 1.39 bits per heavy atom. The summed E-state index contributed by atoms with van der Waals surface area (Å²) >= 11 is 0. The van der Waals surface area contributed by atoms with Crippen molar-refractivity contribution < 1.29 is 13.2 Å². The van der Waals surface area contributed by atoms with Crippen LogP contribution in [0.25, 0.3) is 0 Å². The first kappa shape index (κ1) is 13.0. The number of hydrogen-bond donors (Lipinski definition) is 0. The van der Waals surface area contributed by atoms with E-state index >= 15 is 0 Å². The van der Waals surface area contributed by atoms with Crippen LogP contribution in [0.5, 0.6) is 0 Å². The van der Waals surface area contributed by atoms with Gasteiger partial charge >= 0.3 is 0 Å². The third-order valence-electron chi connectivity index (χ3n) is 3.11. The van der Waals surface area contributed by atoms with Crippen LogP contribution in [-0.2, 0) is 16.3 Å². The van der Waals surface area contributed by atoms with E-state index in [0.717, 1.165) is 12.0 Å². The lowest BCUT2D eigenvalue weighted by molar-refractivity contribution is 0.0763. The van der Waals surface area contributed by atoms with E-state index < -0.39 is 9.84 Å². The highest BCUT2D eigenvalue weighted by Gasteiger charge is 2.27. The molecule has 2 heterocycles. The highest BCUT2D eigenvalue weighted by Crippen LogP contribution is 2.12. The van der Waals surface area contributed by atoms with E-state index in [4.69, 9.17) is 0 Å². The molecule has 98 valence electrons. The normalized spacial score (nSPS) is 18.6. The molecule has 1 aromatic rings. The zero-order valence-corrected chi connectivity index (χ0v) is 11.1. The molecular weight excluding hydrogens is 252 g/mol. The zero-order chi connectivity index (χ0) is 13.2. The number of sulfone groups is 1. The van der Waals surface area contributed by atoms with E-state index in [1.165, 1.54) is 0 Å². The van der Waals surface area contributed by atoms with Gasteiger partial charge in [0.2, 0.25) is 0 Å². The number of aromatic nitrogens is 1. The molecule has 0 radical (unpaired) electrons. The molecule has 1 fully saturated rings. The fraction of sp³-hybridized carbons (Fsp3) is 0.500. The van der Waals surface area contributed by atoms with Gasteiger partial charge in [-0.05, 0) is 18.1 Å². The molecule has 1 aliphatic rings. The van der Waals surface area contributed by atoms with Crippen molar-refractivity contribution in [1.82, 2.24) is 9.88 Å². The van der Waals surface area contributed by atoms with Crippen molar-refractivity contribution >= 4 is 15.7 Å². The summed E-state index contributed by atoms with van der Waals surface area (Å²) in [4.78, 5) is 18.0. The second kappa shape index (κ2) is 5.06. The SMILES string of the molecule is CCc1cccnc1C(=O)N1CCS(=O)(=O)CC1. The Hall–Kier alpha value is -1.43. The van der Waals surface area contributed by atoms with Gasteiger partial charge in [0.15, 0.2) is 9.84 Å². The van der Waals surface area contributed by atoms with Crippen LogP contribution >= 0.6 is 0 Å². The molecule has 0 spiro atoms. The van der Waals surface area contributed by atoms with E-state index in [1.54, 1.807) is 17.2 Å². The molecule has 0 aliphatic carbocycles. The summed E-state index contributed by atoms with van der Waals surface area (Å²) in [7, 11) is -2.96. The lowest BCUT2D eigenvalue weighted by Crippen LogP contribution is -2.44. The van der Waals surface area contributed by atoms with Crippen molar-refractivity contribution in [1.29, 1.82) is 0 Å². The Bertz CT molecular complexity index is 540. The number of carbonyl (C=O) groups is 1. The van der Waals surface area contributed by atoms with Crippen LogP contribution in [0.3, 0.4) is 0 Å². The van der Waals surface area contributed by atoms with Gasteiger partial charge in [-0.15, -0.1) is 0 Å². The highest BCUT2D eigenvalue weighted by molar-refractivity contribution is 7.91. The fourth-order valence-electron chi connectivity index (χ4n) is 1.98. The second-order valence-electron chi connectivity index (χ2n) is 4.31. The average molecular weight is 268 g/mol. The maximum atomic E-state index is 12.3. The Morgan fingerprint density at radius 2 is 2.06 bits per heavy atom. The van der Waals surface area contributed by atoms with Gasteiger partial charge in [-0.25, -0.2) is 8.42 Å². The molecule has 0 unspecified atom stereocenters. The highest BCUT2D eigenvalue weighted by atomic mass is 32.2. The number of nitrogens with zero attached hydrogens (tertiary/aromatic N) is 2.